The number of rotatable bonds is 7. The van der Waals surface area contributed by atoms with Gasteiger partial charge in [-0.25, -0.2) is 0 Å². The number of hydrogen-bond donors (Lipinski definition) is 1. The Hall–Kier alpha value is -1.10. The van der Waals surface area contributed by atoms with Gasteiger partial charge in [-0.2, -0.15) is 0 Å². The van der Waals surface area contributed by atoms with Crippen molar-refractivity contribution in [3.05, 3.63) is 0 Å². The van der Waals surface area contributed by atoms with E-state index in [0.717, 1.165) is 0 Å². The van der Waals surface area contributed by atoms with Gasteiger partial charge < -0.3 is 10.5 Å². The minimum atomic E-state index is -0.346. The van der Waals surface area contributed by atoms with E-state index < -0.39 is 0 Å². The van der Waals surface area contributed by atoms with Gasteiger partial charge in [0.15, 0.2) is 0 Å². The van der Waals surface area contributed by atoms with Gasteiger partial charge in [-0.1, -0.05) is 0 Å². The molecule has 0 saturated carbocycles. The first-order chi connectivity index (χ1) is 6.97. The van der Waals surface area contributed by atoms with Crippen LogP contribution in [0.1, 0.15) is 26.7 Å². The Morgan fingerprint density at radius 2 is 2.00 bits per heavy atom. The minimum absolute atomic E-state index is 0.224. The van der Waals surface area contributed by atoms with Crippen LogP contribution in [0.4, 0.5) is 0 Å². The van der Waals surface area contributed by atoms with Crippen LogP contribution in [-0.2, 0) is 14.3 Å². The largest absolute Gasteiger partial charge is 0.469 e. The lowest BCUT2D eigenvalue weighted by Crippen LogP contribution is -2.39. The minimum Gasteiger partial charge on any atom is -0.469 e. The van der Waals surface area contributed by atoms with E-state index in [4.69, 9.17) is 5.73 Å². The van der Waals surface area contributed by atoms with Gasteiger partial charge in [-0.05, 0) is 26.8 Å². The van der Waals surface area contributed by atoms with Crippen molar-refractivity contribution in [2.24, 2.45) is 5.73 Å². The van der Waals surface area contributed by atoms with Crippen LogP contribution in [0.25, 0.3) is 0 Å². The van der Waals surface area contributed by atoms with Gasteiger partial charge in [0.05, 0.1) is 13.7 Å². The molecule has 15 heavy (non-hydrogen) atoms. The lowest BCUT2D eigenvalue weighted by molar-refractivity contribution is -0.140. The van der Waals surface area contributed by atoms with Crippen LogP contribution in [0.3, 0.4) is 0 Å². The maximum atomic E-state index is 10.9. The van der Waals surface area contributed by atoms with Crippen LogP contribution < -0.4 is 5.73 Å². The Morgan fingerprint density at radius 3 is 2.40 bits per heavy atom. The number of carbonyl (C=O) groups is 2. The maximum Gasteiger partial charge on any atom is 0.305 e. The second-order valence-electron chi connectivity index (χ2n) is 3.71. The number of hydrogen-bond acceptors (Lipinski definition) is 4. The fourth-order valence-corrected chi connectivity index (χ4v) is 1.25. The highest BCUT2D eigenvalue weighted by molar-refractivity contribution is 5.76. The number of nitrogens with zero attached hydrogens (tertiary/aromatic N) is 1. The molecule has 5 nitrogen and oxygen atoms in total. The molecule has 0 bridgehead atoms. The van der Waals surface area contributed by atoms with E-state index in [-0.39, 0.29) is 24.5 Å². The SMILES string of the molecule is COC(=O)CCCN(CC(N)=O)C(C)C. The van der Waals surface area contributed by atoms with Crippen molar-refractivity contribution in [1.29, 1.82) is 0 Å². The van der Waals surface area contributed by atoms with Crippen LogP contribution in [0.2, 0.25) is 0 Å². The Morgan fingerprint density at radius 1 is 1.40 bits per heavy atom. The lowest BCUT2D eigenvalue weighted by Gasteiger charge is -2.24. The lowest BCUT2D eigenvalue weighted by atomic mass is 10.2. The van der Waals surface area contributed by atoms with Gasteiger partial charge in [0.25, 0.3) is 0 Å². The van der Waals surface area contributed by atoms with E-state index in [0.29, 0.717) is 19.4 Å². The fraction of sp³-hybridized carbons (Fsp3) is 0.800. The van der Waals surface area contributed by atoms with Crippen molar-refractivity contribution in [3.63, 3.8) is 0 Å². The van der Waals surface area contributed by atoms with E-state index in [9.17, 15) is 9.59 Å². The van der Waals surface area contributed by atoms with E-state index >= 15 is 0 Å². The van der Waals surface area contributed by atoms with Crippen molar-refractivity contribution in [1.82, 2.24) is 4.90 Å². The zero-order valence-corrected chi connectivity index (χ0v) is 9.66. The van der Waals surface area contributed by atoms with E-state index in [1.807, 2.05) is 18.7 Å². The van der Waals surface area contributed by atoms with E-state index in [1.165, 1.54) is 7.11 Å². The molecule has 0 aliphatic heterocycles. The summed E-state index contributed by atoms with van der Waals surface area (Å²) in [5.41, 5.74) is 5.12. The number of esters is 1. The van der Waals surface area contributed by atoms with E-state index in [1.54, 1.807) is 0 Å². The number of amides is 1. The van der Waals surface area contributed by atoms with E-state index in [2.05, 4.69) is 4.74 Å². The highest BCUT2D eigenvalue weighted by Gasteiger charge is 2.12. The molecular formula is C10H20N2O3. The van der Waals surface area contributed by atoms with Crippen molar-refractivity contribution >= 4 is 11.9 Å². The first-order valence-corrected chi connectivity index (χ1v) is 5.06. The quantitative estimate of drug-likeness (QED) is 0.614. The molecule has 88 valence electrons. The molecule has 0 unspecified atom stereocenters. The summed E-state index contributed by atoms with van der Waals surface area (Å²) in [4.78, 5) is 23.5. The first-order valence-electron chi connectivity index (χ1n) is 5.06. The summed E-state index contributed by atoms with van der Waals surface area (Å²) < 4.78 is 4.52. The highest BCUT2D eigenvalue weighted by Crippen LogP contribution is 2.01. The third-order valence-corrected chi connectivity index (χ3v) is 2.14. The number of ether oxygens (including phenoxy) is 1. The average molecular weight is 216 g/mol. The number of carbonyl (C=O) groups excluding carboxylic acids is 2. The number of nitrogens with two attached hydrogens (primary N) is 1. The Balaban J connectivity index is 3.86. The summed E-state index contributed by atoms with van der Waals surface area (Å²) in [7, 11) is 1.37. The molecule has 1 amide bonds. The second-order valence-corrected chi connectivity index (χ2v) is 3.71. The number of methoxy groups -OCH3 is 1. The van der Waals surface area contributed by atoms with Crippen LogP contribution in [0, 0.1) is 0 Å². The molecule has 0 heterocycles. The van der Waals surface area contributed by atoms with Crippen molar-refractivity contribution in [2.75, 3.05) is 20.2 Å². The summed E-state index contributed by atoms with van der Waals surface area (Å²) in [5.74, 6) is -0.570. The molecule has 0 fully saturated rings. The van der Waals surface area contributed by atoms with Gasteiger partial charge in [-0.3, -0.25) is 14.5 Å². The van der Waals surface area contributed by atoms with Gasteiger partial charge in [-0.15, -0.1) is 0 Å². The molecule has 0 spiro atoms. The normalized spacial score (nSPS) is 10.7. The molecule has 5 heteroatoms. The predicted molar refractivity (Wildman–Crippen MR) is 57.2 cm³/mol. The predicted octanol–water partition coefficient (Wildman–Crippen LogP) is 0.135. The fourth-order valence-electron chi connectivity index (χ4n) is 1.25. The van der Waals surface area contributed by atoms with Crippen molar-refractivity contribution in [3.8, 4) is 0 Å². The van der Waals surface area contributed by atoms with Crippen LogP contribution in [0.15, 0.2) is 0 Å². The monoisotopic (exact) mass is 216 g/mol. The zero-order chi connectivity index (χ0) is 11.8. The Labute approximate surface area is 90.6 Å². The van der Waals surface area contributed by atoms with Gasteiger partial charge in [0.1, 0.15) is 0 Å². The number of primary amides is 1. The highest BCUT2D eigenvalue weighted by atomic mass is 16.5. The third kappa shape index (κ3) is 6.90. The maximum absolute atomic E-state index is 10.9. The zero-order valence-electron chi connectivity index (χ0n) is 9.66. The first kappa shape index (κ1) is 13.9. The summed E-state index contributed by atoms with van der Waals surface area (Å²) in [6.07, 6.45) is 1.05. The van der Waals surface area contributed by atoms with Crippen LogP contribution in [-0.4, -0.2) is 43.0 Å². The summed E-state index contributed by atoms with van der Waals surface area (Å²) >= 11 is 0. The molecule has 0 atom stereocenters. The Kier molecular flexibility index (Phi) is 6.70. The molecule has 0 aromatic heterocycles. The summed E-state index contributed by atoms with van der Waals surface area (Å²) in [5, 5.41) is 0. The van der Waals surface area contributed by atoms with Gasteiger partial charge in [0, 0.05) is 12.5 Å². The summed E-state index contributed by atoms with van der Waals surface area (Å²) in [6.45, 7) is 4.89. The van der Waals surface area contributed by atoms with Gasteiger partial charge >= 0.3 is 5.97 Å². The van der Waals surface area contributed by atoms with Gasteiger partial charge in [0.2, 0.25) is 5.91 Å². The van der Waals surface area contributed by atoms with Crippen molar-refractivity contribution < 1.29 is 14.3 Å². The summed E-state index contributed by atoms with van der Waals surface area (Å²) in [6, 6.07) is 0.246. The van der Waals surface area contributed by atoms with Crippen LogP contribution in [0.5, 0.6) is 0 Å². The molecule has 0 aliphatic rings. The average Bonchev–Trinajstić information content (AvgIpc) is 2.15. The molecule has 0 aliphatic carbocycles. The Bertz CT molecular complexity index is 217. The molecule has 0 rings (SSSR count). The smallest absolute Gasteiger partial charge is 0.305 e. The molecule has 0 aromatic rings. The second kappa shape index (κ2) is 7.23. The molecule has 0 aromatic carbocycles. The molecule has 0 radical (unpaired) electrons. The topological polar surface area (TPSA) is 72.6 Å². The molecular weight excluding hydrogens is 196 g/mol. The van der Waals surface area contributed by atoms with Crippen LogP contribution >= 0.6 is 0 Å². The standard InChI is InChI=1S/C10H20N2O3/c1-8(2)12(7-9(11)13)6-4-5-10(14)15-3/h8H,4-7H2,1-3H3,(H2,11,13). The molecule has 2 N–H and O–H groups in total. The molecule has 0 saturated heterocycles. The third-order valence-electron chi connectivity index (χ3n) is 2.14. The van der Waals surface area contributed by atoms with Crippen molar-refractivity contribution in [2.45, 2.75) is 32.7 Å².